The molecule has 3 nitrogen and oxygen atoms in total. The van der Waals surface area contributed by atoms with E-state index in [9.17, 15) is 4.79 Å². The number of nitrogens with zero attached hydrogens (tertiary/aromatic N) is 1. The largest absolute Gasteiger partial charge is 0.342 e. The molecule has 1 amide bonds. The molecule has 0 spiro atoms. The fraction of sp³-hybridized carbons (Fsp3) is 0.417. The molecule has 0 saturated carbocycles. The van der Waals surface area contributed by atoms with Crippen LogP contribution in [0.25, 0.3) is 0 Å². The van der Waals surface area contributed by atoms with E-state index in [4.69, 9.17) is 5.73 Å². The maximum atomic E-state index is 11.9. The molecular weight excluding hydrogens is 220 g/mol. The number of thiophene rings is 1. The summed E-state index contributed by atoms with van der Waals surface area (Å²) < 4.78 is 0. The zero-order valence-corrected chi connectivity index (χ0v) is 10.4. The summed E-state index contributed by atoms with van der Waals surface area (Å²) >= 11 is 1.48. The van der Waals surface area contributed by atoms with Gasteiger partial charge in [0.15, 0.2) is 0 Å². The van der Waals surface area contributed by atoms with Crippen molar-refractivity contribution >= 4 is 17.2 Å². The first-order valence-corrected chi connectivity index (χ1v) is 6.10. The van der Waals surface area contributed by atoms with Crippen LogP contribution in [0.5, 0.6) is 0 Å². The number of amides is 1. The predicted octanol–water partition coefficient (Wildman–Crippen LogP) is 1.54. The van der Waals surface area contributed by atoms with Gasteiger partial charge in [0, 0.05) is 19.0 Å². The van der Waals surface area contributed by atoms with Crippen LogP contribution in [-0.2, 0) is 0 Å². The van der Waals surface area contributed by atoms with E-state index < -0.39 is 0 Å². The van der Waals surface area contributed by atoms with E-state index in [1.807, 2.05) is 18.5 Å². The van der Waals surface area contributed by atoms with E-state index >= 15 is 0 Å². The highest BCUT2D eigenvalue weighted by molar-refractivity contribution is 7.10. The minimum absolute atomic E-state index is 0.0545. The van der Waals surface area contributed by atoms with Gasteiger partial charge >= 0.3 is 0 Å². The molecule has 0 saturated heterocycles. The van der Waals surface area contributed by atoms with Crippen molar-refractivity contribution < 1.29 is 4.79 Å². The number of nitrogens with two attached hydrogens (primary N) is 1. The Balaban J connectivity index is 2.74. The maximum absolute atomic E-state index is 11.9. The second-order valence-electron chi connectivity index (χ2n) is 3.43. The Morgan fingerprint density at radius 3 is 3.00 bits per heavy atom. The minimum Gasteiger partial charge on any atom is -0.342 e. The van der Waals surface area contributed by atoms with Gasteiger partial charge < -0.3 is 10.6 Å². The zero-order chi connectivity index (χ0) is 12.0. The molecule has 1 aromatic heterocycles. The molecule has 16 heavy (non-hydrogen) atoms. The number of hydrogen-bond acceptors (Lipinski definition) is 3. The molecule has 0 radical (unpaired) electrons. The first kappa shape index (κ1) is 12.8. The van der Waals surface area contributed by atoms with Gasteiger partial charge in [-0.05, 0) is 12.5 Å². The monoisotopic (exact) mass is 236 g/mol. The quantitative estimate of drug-likeness (QED) is 0.809. The second-order valence-corrected chi connectivity index (χ2v) is 4.34. The third kappa shape index (κ3) is 3.37. The van der Waals surface area contributed by atoms with Gasteiger partial charge in [0.25, 0.3) is 5.91 Å². The van der Waals surface area contributed by atoms with E-state index in [0.717, 1.165) is 17.8 Å². The van der Waals surface area contributed by atoms with Crippen molar-refractivity contribution in [2.45, 2.75) is 13.3 Å². The van der Waals surface area contributed by atoms with Crippen LogP contribution in [0.1, 0.15) is 28.6 Å². The molecule has 1 rings (SSSR count). The Morgan fingerprint density at radius 1 is 1.62 bits per heavy atom. The Kier molecular flexibility index (Phi) is 5.03. The second kappa shape index (κ2) is 6.31. The van der Waals surface area contributed by atoms with E-state index in [1.54, 1.807) is 4.90 Å². The van der Waals surface area contributed by atoms with Gasteiger partial charge in [-0.2, -0.15) is 0 Å². The van der Waals surface area contributed by atoms with Crippen LogP contribution in [0.15, 0.2) is 11.4 Å². The molecule has 0 atom stereocenters. The van der Waals surface area contributed by atoms with E-state index in [0.29, 0.717) is 12.1 Å². The molecule has 4 heteroatoms. The van der Waals surface area contributed by atoms with Gasteiger partial charge in [0.05, 0.1) is 17.0 Å². The minimum atomic E-state index is 0.0545. The van der Waals surface area contributed by atoms with Crippen molar-refractivity contribution in [1.82, 2.24) is 4.90 Å². The highest BCUT2D eigenvalue weighted by Gasteiger charge is 2.12. The maximum Gasteiger partial charge on any atom is 0.254 e. The summed E-state index contributed by atoms with van der Waals surface area (Å²) in [5.74, 6) is 5.75. The standard InChI is InChI=1S/C12H16N2OS/c1-3-7-14(2)12(15)10-8-11(16-9-10)5-4-6-13/h8-9H,3,6-7,13H2,1-2H3. The summed E-state index contributed by atoms with van der Waals surface area (Å²) in [6, 6.07) is 1.82. The van der Waals surface area contributed by atoms with E-state index in [2.05, 4.69) is 18.8 Å². The average molecular weight is 236 g/mol. The smallest absolute Gasteiger partial charge is 0.254 e. The van der Waals surface area contributed by atoms with Crippen molar-refractivity contribution in [3.05, 3.63) is 21.9 Å². The lowest BCUT2D eigenvalue weighted by Crippen LogP contribution is -2.26. The molecule has 1 heterocycles. The van der Waals surface area contributed by atoms with Gasteiger partial charge in [-0.3, -0.25) is 4.79 Å². The lowest BCUT2D eigenvalue weighted by Gasteiger charge is -2.14. The normalized spacial score (nSPS) is 9.44. The Hall–Kier alpha value is -1.31. The van der Waals surface area contributed by atoms with Gasteiger partial charge in [-0.25, -0.2) is 0 Å². The van der Waals surface area contributed by atoms with Crippen LogP contribution in [0.2, 0.25) is 0 Å². The average Bonchev–Trinajstić information content (AvgIpc) is 2.74. The Bertz CT molecular complexity index is 414. The van der Waals surface area contributed by atoms with Crippen molar-refractivity contribution in [1.29, 1.82) is 0 Å². The van der Waals surface area contributed by atoms with Crippen LogP contribution >= 0.6 is 11.3 Å². The number of rotatable bonds is 3. The first-order chi connectivity index (χ1) is 7.69. The lowest BCUT2D eigenvalue weighted by atomic mass is 10.2. The van der Waals surface area contributed by atoms with Gasteiger partial charge in [0.1, 0.15) is 0 Å². The van der Waals surface area contributed by atoms with Crippen molar-refractivity contribution in [2.75, 3.05) is 20.1 Å². The molecule has 0 aliphatic heterocycles. The molecular formula is C12H16N2OS. The lowest BCUT2D eigenvalue weighted by molar-refractivity contribution is 0.0795. The SMILES string of the molecule is CCCN(C)C(=O)c1csc(C#CCN)c1. The molecule has 0 fully saturated rings. The van der Waals surface area contributed by atoms with Crippen molar-refractivity contribution in [2.24, 2.45) is 5.73 Å². The van der Waals surface area contributed by atoms with Crippen molar-refractivity contribution in [3.63, 3.8) is 0 Å². The van der Waals surface area contributed by atoms with Crippen LogP contribution in [-0.4, -0.2) is 30.9 Å². The van der Waals surface area contributed by atoms with Crippen molar-refractivity contribution in [3.8, 4) is 11.8 Å². The summed E-state index contributed by atoms with van der Waals surface area (Å²) in [6.07, 6.45) is 0.964. The molecule has 0 unspecified atom stereocenters. The zero-order valence-electron chi connectivity index (χ0n) is 9.62. The highest BCUT2D eigenvalue weighted by atomic mass is 32.1. The van der Waals surface area contributed by atoms with Gasteiger partial charge in [-0.1, -0.05) is 18.8 Å². The molecule has 0 bridgehead atoms. The predicted molar refractivity (Wildman–Crippen MR) is 67.5 cm³/mol. The summed E-state index contributed by atoms with van der Waals surface area (Å²) in [5, 5.41) is 1.84. The fourth-order valence-electron chi connectivity index (χ4n) is 1.31. The van der Waals surface area contributed by atoms with Gasteiger partial charge in [0.2, 0.25) is 0 Å². The summed E-state index contributed by atoms with van der Waals surface area (Å²) in [5.41, 5.74) is 6.00. The Morgan fingerprint density at radius 2 is 2.38 bits per heavy atom. The summed E-state index contributed by atoms with van der Waals surface area (Å²) in [7, 11) is 1.81. The van der Waals surface area contributed by atoms with Gasteiger partial charge in [-0.15, -0.1) is 11.3 Å². The van der Waals surface area contributed by atoms with Crippen LogP contribution in [0, 0.1) is 11.8 Å². The molecule has 0 aliphatic carbocycles. The fourth-order valence-corrected chi connectivity index (χ4v) is 2.06. The topological polar surface area (TPSA) is 46.3 Å². The van der Waals surface area contributed by atoms with E-state index in [1.165, 1.54) is 11.3 Å². The van der Waals surface area contributed by atoms with Crippen LogP contribution in [0.4, 0.5) is 0 Å². The molecule has 0 aliphatic rings. The number of hydrogen-bond donors (Lipinski definition) is 1. The number of carbonyl (C=O) groups is 1. The summed E-state index contributed by atoms with van der Waals surface area (Å²) in [6.45, 7) is 3.17. The third-order valence-corrected chi connectivity index (χ3v) is 2.91. The third-order valence-electron chi connectivity index (χ3n) is 2.07. The van der Waals surface area contributed by atoms with Crippen LogP contribution < -0.4 is 5.73 Å². The highest BCUT2D eigenvalue weighted by Crippen LogP contribution is 2.15. The molecule has 0 aromatic carbocycles. The summed E-state index contributed by atoms with van der Waals surface area (Å²) in [4.78, 5) is 14.5. The molecule has 2 N–H and O–H groups in total. The molecule has 1 aromatic rings. The first-order valence-electron chi connectivity index (χ1n) is 5.22. The van der Waals surface area contributed by atoms with E-state index in [-0.39, 0.29) is 5.91 Å². The number of carbonyl (C=O) groups excluding carboxylic acids is 1. The molecule has 86 valence electrons. The van der Waals surface area contributed by atoms with Crippen LogP contribution in [0.3, 0.4) is 0 Å². The Labute approximate surface area is 100 Å².